The summed E-state index contributed by atoms with van der Waals surface area (Å²) in [5.74, 6) is 0.467. The lowest BCUT2D eigenvalue weighted by atomic mass is 9.97. The van der Waals surface area contributed by atoms with Gasteiger partial charge in [-0.25, -0.2) is 8.42 Å². The number of hydrogen-bond donors (Lipinski definition) is 1. The van der Waals surface area contributed by atoms with Gasteiger partial charge >= 0.3 is 0 Å². The lowest BCUT2D eigenvalue weighted by molar-refractivity contribution is -0.120. The van der Waals surface area contributed by atoms with E-state index in [9.17, 15) is 13.2 Å². The van der Waals surface area contributed by atoms with E-state index in [1.54, 1.807) is 19.9 Å². The number of carbonyl (C=O) groups excluding carboxylic acids is 1. The van der Waals surface area contributed by atoms with Gasteiger partial charge in [0.25, 0.3) is 0 Å². The van der Waals surface area contributed by atoms with Gasteiger partial charge < -0.3 is 9.84 Å². The Morgan fingerprint density at radius 1 is 1.19 bits per heavy atom. The fraction of sp³-hybridized carbons (Fsp3) is 0.412. The number of rotatable bonds is 4. The van der Waals surface area contributed by atoms with E-state index in [0.717, 1.165) is 0 Å². The molecule has 1 aliphatic heterocycles. The number of benzene rings is 1. The molecule has 0 bridgehead atoms. The number of nitrogens with zero attached hydrogens (tertiary/aromatic N) is 2. The molecule has 2 aromatic rings. The maximum Gasteiger partial charge on any atom is 0.244 e. The van der Waals surface area contributed by atoms with Gasteiger partial charge in [-0.15, -0.1) is 0 Å². The number of aromatic nitrogens is 1. The van der Waals surface area contributed by atoms with Crippen LogP contribution in [0.15, 0.2) is 27.6 Å². The average Bonchev–Trinajstić information content (AvgIpc) is 3.03. The molecular formula is C17H19Cl2N3O4S. The number of piperidine rings is 1. The van der Waals surface area contributed by atoms with Crippen LogP contribution in [0.25, 0.3) is 0 Å². The molecule has 27 heavy (non-hydrogen) atoms. The zero-order valence-corrected chi connectivity index (χ0v) is 17.2. The van der Waals surface area contributed by atoms with Crippen LogP contribution in [-0.4, -0.2) is 36.9 Å². The van der Waals surface area contributed by atoms with Crippen molar-refractivity contribution < 1.29 is 17.7 Å². The summed E-state index contributed by atoms with van der Waals surface area (Å²) in [6.07, 6.45) is 0.818. The zero-order chi connectivity index (χ0) is 19.8. The standard InChI is InChI=1S/C17H19Cl2N3O4S/c1-10-7-15(14(19)9-13(10)18)27(24,25)22-5-3-12(4-6-22)17(23)20-16-8-11(2)26-21-16/h7-9,12H,3-6H2,1-2H3,(H,20,21,23). The minimum absolute atomic E-state index is 0.0343. The first-order valence-corrected chi connectivity index (χ1v) is 10.6. The van der Waals surface area contributed by atoms with Crippen LogP contribution in [0.4, 0.5) is 5.82 Å². The van der Waals surface area contributed by atoms with Gasteiger partial charge in [0, 0.05) is 30.1 Å². The Bertz CT molecular complexity index is 967. The van der Waals surface area contributed by atoms with Crippen LogP contribution in [0.2, 0.25) is 10.0 Å². The molecule has 146 valence electrons. The van der Waals surface area contributed by atoms with Crippen molar-refractivity contribution >= 4 is 45.0 Å². The lowest BCUT2D eigenvalue weighted by Gasteiger charge is -2.30. The van der Waals surface area contributed by atoms with Crippen LogP contribution in [0.1, 0.15) is 24.2 Å². The number of sulfonamides is 1. The molecule has 0 unspecified atom stereocenters. The van der Waals surface area contributed by atoms with E-state index in [-0.39, 0.29) is 34.8 Å². The summed E-state index contributed by atoms with van der Waals surface area (Å²) in [7, 11) is -3.75. The molecule has 0 radical (unpaired) electrons. The fourth-order valence-corrected chi connectivity index (χ4v) is 5.26. The van der Waals surface area contributed by atoms with Crippen molar-refractivity contribution in [1.29, 1.82) is 0 Å². The Kier molecular flexibility index (Phi) is 5.81. The Balaban J connectivity index is 1.68. The number of amides is 1. The van der Waals surface area contributed by atoms with Gasteiger partial charge in [-0.3, -0.25) is 4.79 Å². The average molecular weight is 432 g/mol. The van der Waals surface area contributed by atoms with Crippen molar-refractivity contribution in [1.82, 2.24) is 9.46 Å². The van der Waals surface area contributed by atoms with Crippen molar-refractivity contribution in [2.45, 2.75) is 31.6 Å². The maximum atomic E-state index is 12.9. The number of nitrogens with one attached hydrogen (secondary N) is 1. The van der Waals surface area contributed by atoms with Crippen LogP contribution in [0.3, 0.4) is 0 Å². The number of aryl methyl sites for hydroxylation is 2. The van der Waals surface area contributed by atoms with Crippen molar-refractivity contribution in [3.05, 3.63) is 39.6 Å². The maximum absolute atomic E-state index is 12.9. The summed E-state index contributed by atoms with van der Waals surface area (Å²) in [6, 6.07) is 4.54. The third-order valence-electron chi connectivity index (χ3n) is 4.53. The minimum Gasteiger partial charge on any atom is -0.360 e. The molecule has 1 aromatic carbocycles. The largest absolute Gasteiger partial charge is 0.360 e. The first-order chi connectivity index (χ1) is 12.7. The summed E-state index contributed by atoms with van der Waals surface area (Å²) >= 11 is 12.1. The Labute approximate surface area is 167 Å². The molecule has 0 atom stereocenters. The molecule has 7 nitrogen and oxygen atoms in total. The molecule has 0 saturated carbocycles. The zero-order valence-electron chi connectivity index (χ0n) is 14.8. The smallest absolute Gasteiger partial charge is 0.244 e. The predicted molar refractivity (Wildman–Crippen MR) is 103 cm³/mol. The van der Waals surface area contributed by atoms with Gasteiger partial charge in [-0.1, -0.05) is 28.4 Å². The van der Waals surface area contributed by atoms with E-state index >= 15 is 0 Å². The summed E-state index contributed by atoms with van der Waals surface area (Å²) in [5, 5.41) is 6.93. The van der Waals surface area contributed by atoms with Crippen LogP contribution >= 0.6 is 23.2 Å². The van der Waals surface area contributed by atoms with Crippen LogP contribution in [0, 0.1) is 19.8 Å². The predicted octanol–water partition coefficient (Wildman–Crippen LogP) is 3.64. The first kappa shape index (κ1) is 20.1. The van der Waals surface area contributed by atoms with E-state index in [2.05, 4.69) is 10.5 Å². The van der Waals surface area contributed by atoms with Crippen molar-refractivity contribution in [2.24, 2.45) is 5.92 Å². The molecule has 0 spiro atoms. The van der Waals surface area contributed by atoms with Gasteiger partial charge in [-0.05, 0) is 44.4 Å². The molecule has 1 aliphatic rings. The Morgan fingerprint density at radius 3 is 2.44 bits per heavy atom. The van der Waals surface area contributed by atoms with Crippen LogP contribution in [0.5, 0.6) is 0 Å². The van der Waals surface area contributed by atoms with E-state index in [1.807, 2.05) is 0 Å². The van der Waals surface area contributed by atoms with Crippen molar-refractivity contribution in [3.8, 4) is 0 Å². The highest BCUT2D eigenvalue weighted by atomic mass is 35.5. The highest BCUT2D eigenvalue weighted by molar-refractivity contribution is 7.89. The van der Waals surface area contributed by atoms with Crippen LogP contribution in [-0.2, 0) is 14.8 Å². The molecule has 3 rings (SSSR count). The van der Waals surface area contributed by atoms with E-state index in [1.165, 1.54) is 16.4 Å². The number of halogens is 2. The molecule has 1 fully saturated rings. The second kappa shape index (κ2) is 7.79. The number of hydrogen-bond acceptors (Lipinski definition) is 5. The highest BCUT2D eigenvalue weighted by Crippen LogP contribution is 2.32. The topological polar surface area (TPSA) is 92.5 Å². The quantitative estimate of drug-likeness (QED) is 0.797. The number of carbonyl (C=O) groups is 1. The molecule has 1 saturated heterocycles. The Morgan fingerprint density at radius 2 is 1.85 bits per heavy atom. The van der Waals surface area contributed by atoms with Crippen molar-refractivity contribution in [3.63, 3.8) is 0 Å². The molecule has 2 heterocycles. The van der Waals surface area contributed by atoms with E-state index < -0.39 is 10.0 Å². The second-order valence-electron chi connectivity index (χ2n) is 6.52. The van der Waals surface area contributed by atoms with E-state index in [0.29, 0.717) is 35.0 Å². The van der Waals surface area contributed by atoms with Gasteiger partial charge in [0.15, 0.2) is 5.82 Å². The lowest BCUT2D eigenvalue weighted by Crippen LogP contribution is -2.41. The summed E-state index contributed by atoms with van der Waals surface area (Å²) < 4.78 is 32.1. The highest BCUT2D eigenvalue weighted by Gasteiger charge is 2.33. The summed E-state index contributed by atoms with van der Waals surface area (Å²) in [5.41, 5.74) is 0.636. The Hall–Kier alpha value is -1.61. The van der Waals surface area contributed by atoms with Gasteiger partial charge in [0.05, 0.1) is 5.02 Å². The molecule has 10 heteroatoms. The second-order valence-corrected chi connectivity index (χ2v) is 9.24. The third-order valence-corrected chi connectivity index (χ3v) is 7.31. The van der Waals surface area contributed by atoms with E-state index in [4.69, 9.17) is 27.7 Å². The van der Waals surface area contributed by atoms with Crippen LogP contribution < -0.4 is 5.32 Å². The molecule has 1 N–H and O–H groups in total. The number of anilines is 1. The monoisotopic (exact) mass is 431 g/mol. The minimum atomic E-state index is -3.75. The van der Waals surface area contributed by atoms with Gasteiger partial charge in [0.1, 0.15) is 10.7 Å². The summed E-state index contributed by atoms with van der Waals surface area (Å²) in [4.78, 5) is 12.4. The van der Waals surface area contributed by atoms with Gasteiger partial charge in [-0.2, -0.15) is 4.31 Å². The fourth-order valence-electron chi connectivity index (χ4n) is 2.98. The SMILES string of the molecule is Cc1cc(NC(=O)C2CCN(S(=O)(=O)c3cc(C)c(Cl)cc3Cl)CC2)no1. The third kappa shape index (κ3) is 4.29. The summed E-state index contributed by atoms with van der Waals surface area (Å²) in [6.45, 7) is 3.92. The van der Waals surface area contributed by atoms with Gasteiger partial charge in [0.2, 0.25) is 15.9 Å². The first-order valence-electron chi connectivity index (χ1n) is 8.38. The van der Waals surface area contributed by atoms with Crippen molar-refractivity contribution in [2.75, 3.05) is 18.4 Å². The molecule has 1 amide bonds. The molecule has 0 aliphatic carbocycles. The molecular weight excluding hydrogens is 413 g/mol. The normalized spacial score (nSPS) is 16.4. The molecule has 1 aromatic heterocycles.